The number of fused-ring (bicyclic) bond motifs is 1. The summed E-state index contributed by atoms with van der Waals surface area (Å²) in [7, 11) is 1.56. The highest BCUT2D eigenvalue weighted by Crippen LogP contribution is 2.11. The van der Waals surface area contributed by atoms with Gasteiger partial charge in [0.1, 0.15) is 5.82 Å². The number of hydrogen-bond donors (Lipinski definition) is 2. The second-order valence-corrected chi connectivity index (χ2v) is 4.11. The van der Waals surface area contributed by atoms with E-state index in [1.807, 2.05) is 0 Å². The molecular formula is C13H15N5O2. The molecule has 2 aromatic rings. The fraction of sp³-hybridized carbons (Fsp3) is 0.308. The number of hydrogen-bond acceptors (Lipinski definition) is 4. The molecule has 0 fully saturated rings. The van der Waals surface area contributed by atoms with Crippen molar-refractivity contribution in [3.63, 3.8) is 0 Å². The van der Waals surface area contributed by atoms with Crippen LogP contribution in [0, 0.1) is 11.8 Å². The maximum atomic E-state index is 12.0. The average molecular weight is 273 g/mol. The van der Waals surface area contributed by atoms with E-state index < -0.39 is 11.2 Å². The number of H-pyrrole nitrogens is 1. The molecule has 0 radical (unpaired) electrons. The van der Waals surface area contributed by atoms with Crippen LogP contribution in [0.15, 0.2) is 15.7 Å². The number of aromatic amines is 1. The Morgan fingerprint density at radius 3 is 2.85 bits per heavy atom. The molecule has 0 aliphatic heterocycles. The van der Waals surface area contributed by atoms with E-state index in [9.17, 15) is 9.59 Å². The van der Waals surface area contributed by atoms with Crippen molar-refractivity contribution in [2.45, 2.75) is 13.5 Å². The predicted molar refractivity (Wildman–Crippen MR) is 77.1 cm³/mol. The van der Waals surface area contributed by atoms with Crippen LogP contribution in [0.2, 0.25) is 0 Å². The van der Waals surface area contributed by atoms with Crippen molar-refractivity contribution in [2.75, 3.05) is 6.54 Å². The predicted octanol–water partition coefficient (Wildman–Crippen LogP) is -0.581. The van der Waals surface area contributed by atoms with Gasteiger partial charge in [0, 0.05) is 13.6 Å². The lowest BCUT2D eigenvalue weighted by atomic mass is 10.4. The first kappa shape index (κ1) is 13.8. The van der Waals surface area contributed by atoms with Crippen molar-refractivity contribution in [1.82, 2.24) is 19.1 Å². The molecule has 20 heavy (non-hydrogen) atoms. The molecule has 7 nitrogen and oxygen atoms in total. The molecule has 0 saturated carbocycles. The van der Waals surface area contributed by atoms with E-state index in [2.05, 4.69) is 21.8 Å². The Bertz CT molecular complexity index is 842. The molecule has 0 aromatic carbocycles. The van der Waals surface area contributed by atoms with Gasteiger partial charge in [-0.25, -0.2) is 9.78 Å². The van der Waals surface area contributed by atoms with E-state index >= 15 is 0 Å². The Morgan fingerprint density at radius 1 is 1.45 bits per heavy atom. The van der Waals surface area contributed by atoms with Crippen LogP contribution in [-0.2, 0) is 13.6 Å². The minimum absolute atomic E-state index is 0.318. The highest BCUT2D eigenvalue weighted by Gasteiger charge is 2.14. The third-order valence-corrected chi connectivity index (χ3v) is 2.85. The number of aromatic nitrogens is 4. The molecule has 2 aromatic heterocycles. The van der Waals surface area contributed by atoms with Gasteiger partial charge in [-0.2, -0.15) is 0 Å². The Morgan fingerprint density at radius 2 is 2.20 bits per heavy atom. The molecule has 0 amide bonds. The second-order valence-electron chi connectivity index (χ2n) is 4.11. The van der Waals surface area contributed by atoms with Crippen LogP contribution in [0.25, 0.3) is 17.2 Å². The van der Waals surface area contributed by atoms with E-state index in [1.165, 1.54) is 4.57 Å². The van der Waals surface area contributed by atoms with Gasteiger partial charge in [0.25, 0.3) is 5.56 Å². The first-order valence-electron chi connectivity index (χ1n) is 6.06. The second kappa shape index (κ2) is 5.59. The lowest BCUT2D eigenvalue weighted by molar-refractivity contribution is 0.821. The third kappa shape index (κ3) is 2.29. The molecule has 0 aliphatic rings. The van der Waals surface area contributed by atoms with E-state index in [0.29, 0.717) is 30.1 Å². The standard InChI is InChI=1S/C13H15N5O2/c1-3-4-8-18-9(6-5-7-14)15-11-10(18)12(19)16-13(20)17(11)2/h5-6H,7-8,14H2,1-2H3,(H,16,19,20). The van der Waals surface area contributed by atoms with Gasteiger partial charge >= 0.3 is 5.69 Å². The smallest absolute Gasteiger partial charge is 0.327 e. The highest BCUT2D eigenvalue weighted by atomic mass is 16.2. The van der Waals surface area contributed by atoms with E-state index in [-0.39, 0.29) is 0 Å². The van der Waals surface area contributed by atoms with Crippen molar-refractivity contribution in [2.24, 2.45) is 12.8 Å². The maximum Gasteiger partial charge on any atom is 0.329 e. The van der Waals surface area contributed by atoms with Gasteiger partial charge in [-0.3, -0.25) is 14.3 Å². The summed E-state index contributed by atoms with van der Waals surface area (Å²) in [4.78, 5) is 30.2. The summed E-state index contributed by atoms with van der Waals surface area (Å²) in [5, 5.41) is 0. The van der Waals surface area contributed by atoms with Gasteiger partial charge in [-0.15, -0.1) is 5.92 Å². The quantitative estimate of drug-likeness (QED) is 0.731. The maximum absolute atomic E-state index is 12.0. The zero-order chi connectivity index (χ0) is 14.7. The molecule has 104 valence electrons. The fourth-order valence-electron chi connectivity index (χ4n) is 1.87. The minimum atomic E-state index is -0.497. The topological polar surface area (TPSA) is 98.7 Å². The van der Waals surface area contributed by atoms with Gasteiger partial charge in [0.2, 0.25) is 0 Å². The van der Waals surface area contributed by atoms with Crippen LogP contribution in [0.5, 0.6) is 0 Å². The molecule has 0 atom stereocenters. The Labute approximate surface area is 114 Å². The number of nitrogens with zero attached hydrogens (tertiary/aromatic N) is 3. The van der Waals surface area contributed by atoms with Crippen molar-refractivity contribution in [3.8, 4) is 11.8 Å². The van der Waals surface area contributed by atoms with Gasteiger partial charge in [0.05, 0.1) is 6.54 Å². The molecule has 0 bridgehead atoms. The normalized spacial score (nSPS) is 10.9. The number of nitrogens with two attached hydrogens (primary N) is 1. The summed E-state index contributed by atoms with van der Waals surface area (Å²) < 4.78 is 2.96. The van der Waals surface area contributed by atoms with E-state index in [4.69, 9.17) is 5.73 Å². The Hall–Kier alpha value is -2.59. The van der Waals surface area contributed by atoms with Crippen molar-refractivity contribution in [3.05, 3.63) is 32.7 Å². The molecule has 7 heteroatoms. The van der Waals surface area contributed by atoms with E-state index in [1.54, 1.807) is 30.7 Å². The number of imidazole rings is 1. The fourth-order valence-corrected chi connectivity index (χ4v) is 1.87. The Kier molecular flexibility index (Phi) is 3.86. The minimum Gasteiger partial charge on any atom is -0.327 e. The summed E-state index contributed by atoms with van der Waals surface area (Å²) in [5.41, 5.74) is 5.11. The molecule has 2 heterocycles. The van der Waals surface area contributed by atoms with Gasteiger partial charge < -0.3 is 10.3 Å². The zero-order valence-electron chi connectivity index (χ0n) is 11.3. The van der Waals surface area contributed by atoms with Gasteiger partial charge in [-0.1, -0.05) is 12.0 Å². The summed E-state index contributed by atoms with van der Waals surface area (Å²) in [6.45, 7) is 2.39. The Balaban J connectivity index is 2.84. The number of nitrogens with one attached hydrogen (secondary N) is 1. The van der Waals surface area contributed by atoms with Gasteiger partial charge in [-0.05, 0) is 13.0 Å². The molecule has 2 rings (SSSR count). The van der Waals surface area contributed by atoms with Crippen molar-refractivity contribution < 1.29 is 0 Å². The van der Waals surface area contributed by atoms with Crippen LogP contribution < -0.4 is 17.0 Å². The lowest BCUT2D eigenvalue weighted by Crippen LogP contribution is -2.29. The molecular weight excluding hydrogens is 258 g/mol. The summed E-state index contributed by atoms with van der Waals surface area (Å²) in [6, 6.07) is 0. The first-order chi connectivity index (χ1) is 9.60. The SMILES string of the molecule is CC#CCn1c(C=CCN)nc2c1c(=O)[nH]c(=O)n2C. The summed E-state index contributed by atoms with van der Waals surface area (Å²) >= 11 is 0. The lowest BCUT2D eigenvalue weighted by Gasteiger charge is -2.01. The average Bonchev–Trinajstić information content (AvgIpc) is 2.79. The van der Waals surface area contributed by atoms with Crippen molar-refractivity contribution >= 4 is 17.2 Å². The van der Waals surface area contributed by atoms with Crippen LogP contribution in [0.4, 0.5) is 0 Å². The van der Waals surface area contributed by atoms with Crippen LogP contribution in [0.1, 0.15) is 12.7 Å². The zero-order valence-corrected chi connectivity index (χ0v) is 11.3. The monoisotopic (exact) mass is 273 g/mol. The van der Waals surface area contributed by atoms with Gasteiger partial charge in [0.15, 0.2) is 11.2 Å². The number of rotatable bonds is 3. The summed E-state index contributed by atoms with van der Waals surface area (Å²) in [5.74, 6) is 6.20. The third-order valence-electron chi connectivity index (χ3n) is 2.85. The first-order valence-corrected chi connectivity index (χ1v) is 6.06. The largest absolute Gasteiger partial charge is 0.329 e. The van der Waals surface area contributed by atoms with Crippen LogP contribution in [0.3, 0.4) is 0 Å². The summed E-state index contributed by atoms with van der Waals surface area (Å²) in [6.07, 6.45) is 3.44. The van der Waals surface area contributed by atoms with Crippen LogP contribution >= 0.6 is 0 Å². The highest BCUT2D eigenvalue weighted by molar-refractivity contribution is 5.73. The molecule has 3 N–H and O–H groups in total. The molecule has 0 unspecified atom stereocenters. The molecule has 0 saturated heterocycles. The number of aryl methyl sites for hydroxylation is 1. The molecule has 0 spiro atoms. The van der Waals surface area contributed by atoms with Crippen molar-refractivity contribution in [1.29, 1.82) is 0 Å². The molecule has 0 aliphatic carbocycles. The van der Waals surface area contributed by atoms with E-state index in [0.717, 1.165) is 0 Å². The van der Waals surface area contributed by atoms with Crippen LogP contribution in [-0.4, -0.2) is 25.6 Å².